The predicted octanol–water partition coefficient (Wildman–Crippen LogP) is 4.45. The number of nitrogens with two attached hydrogens (primary N) is 1. The van der Waals surface area contributed by atoms with Crippen LogP contribution in [-0.2, 0) is 39.8 Å². The lowest BCUT2D eigenvalue weighted by Crippen LogP contribution is -2.61. The number of hydrogen-bond donors (Lipinski definition) is 3. The number of hydrogen-bond acceptors (Lipinski definition) is 14. The van der Waals surface area contributed by atoms with Crippen LogP contribution in [0.4, 0.5) is 10.5 Å². The second kappa shape index (κ2) is 19.8. The van der Waals surface area contributed by atoms with Gasteiger partial charge in [0.2, 0.25) is 0 Å². The number of rotatable bonds is 12. The number of aliphatic hydroxyl groups is 1. The highest BCUT2D eigenvalue weighted by Gasteiger charge is 2.59. The molecule has 16 nitrogen and oxygen atoms in total. The summed E-state index contributed by atoms with van der Waals surface area (Å²) >= 11 is 0. The van der Waals surface area contributed by atoms with E-state index in [1.807, 2.05) is 70.2 Å². The minimum Gasteiger partial charge on any atom is -0.458 e. The monoisotopic (exact) mass is 840 g/mol. The number of aliphatic hydroxyl groups excluding tert-OH is 1. The lowest BCUT2D eigenvalue weighted by atomic mass is 9.78. The Balaban J connectivity index is 1.40. The van der Waals surface area contributed by atoms with Crippen LogP contribution in [-0.4, -0.2) is 142 Å². The maximum atomic E-state index is 14.4. The van der Waals surface area contributed by atoms with Crippen LogP contribution >= 0.6 is 0 Å². The van der Waals surface area contributed by atoms with E-state index in [4.69, 9.17) is 29.4 Å². The fourth-order valence-corrected chi connectivity index (χ4v) is 9.40. The molecule has 334 valence electrons. The van der Waals surface area contributed by atoms with Crippen molar-refractivity contribution < 1.29 is 43.2 Å². The number of nitrogen functional groups attached to an aromatic ring is 1. The van der Waals surface area contributed by atoms with E-state index in [0.717, 1.165) is 11.3 Å². The number of benzene rings is 1. The van der Waals surface area contributed by atoms with Crippen molar-refractivity contribution in [2.45, 2.75) is 147 Å². The molecular formula is C44H69N7O9. The third-order valence-electron chi connectivity index (χ3n) is 12.8. The Bertz CT molecular complexity index is 1790. The number of likely N-dealkylation sites (N-methyl/N-ethyl adjacent to an activating group) is 1. The molecular weight excluding hydrogens is 771 g/mol. The van der Waals surface area contributed by atoms with Gasteiger partial charge in [0.1, 0.15) is 23.8 Å². The minimum absolute atomic E-state index is 0.0588. The van der Waals surface area contributed by atoms with Gasteiger partial charge in [-0.15, -0.1) is 11.7 Å². The van der Waals surface area contributed by atoms with Crippen molar-refractivity contribution >= 4 is 23.5 Å². The van der Waals surface area contributed by atoms with Gasteiger partial charge < -0.3 is 44.7 Å². The molecule has 0 spiro atoms. The summed E-state index contributed by atoms with van der Waals surface area (Å²) in [6.45, 7) is 18.4. The number of amides is 1. The summed E-state index contributed by atoms with van der Waals surface area (Å²) in [6, 6.07) is 6.14. The summed E-state index contributed by atoms with van der Waals surface area (Å²) in [4.78, 5) is 46.0. The lowest BCUT2D eigenvalue weighted by molar-refractivity contribution is -0.295. The number of cyclic esters (lactones) is 1. The molecule has 1 aromatic heterocycles. The van der Waals surface area contributed by atoms with Gasteiger partial charge in [0.15, 0.2) is 17.7 Å². The van der Waals surface area contributed by atoms with Crippen LogP contribution in [0.1, 0.15) is 80.6 Å². The number of fused-ring (bicyclic) bond motifs is 1. The Kier molecular flexibility index (Phi) is 15.6. The van der Waals surface area contributed by atoms with Gasteiger partial charge in [-0.2, -0.15) is 0 Å². The van der Waals surface area contributed by atoms with Gasteiger partial charge in [-0.25, -0.2) is 4.79 Å². The van der Waals surface area contributed by atoms with E-state index in [0.29, 0.717) is 57.4 Å². The second-order valence-corrected chi connectivity index (χ2v) is 17.8. The van der Waals surface area contributed by atoms with E-state index in [1.165, 1.54) is 6.92 Å². The normalized spacial score (nSPS) is 36.0. The fraction of sp³-hybridized carbons (Fsp3) is 0.705. The highest BCUT2D eigenvalue weighted by atomic mass is 16.7. The van der Waals surface area contributed by atoms with Gasteiger partial charge in [0, 0.05) is 49.5 Å². The van der Waals surface area contributed by atoms with Crippen LogP contribution < -0.4 is 11.1 Å². The van der Waals surface area contributed by atoms with Gasteiger partial charge in [-0.1, -0.05) is 44.2 Å². The number of ketones is 1. The zero-order valence-corrected chi connectivity index (χ0v) is 37.2. The van der Waals surface area contributed by atoms with Gasteiger partial charge in [0.05, 0.1) is 30.0 Å². The molecule has 3 aliphatic rings. The van der Waals surface area contributed by atoms with Gasteiger partial charge in [0.25, 0.3) is 0 Å². The van der Waals surface area contributed by atoms with E-state index in [-0.39, 0.29) is 18.1 Å². The van der Waals surface area contributed by atoms with E-state index >= 15 is 0 Å². The Morgan fingerprint density at radius 2 is 1.85 bits per heavy atom. The Labute approximate surface area is 355 Å². The van der Waals surface area contributed by atoms with Crippen LogP contribution in [0.2, 0.25) is 0 Å². The smallest absolute Gasteiger partial charge is 0.410 e. The topological polar surface area (TPSA) is 193 Å². The molecule has 4 heterocycles. The molecule has 0 saturated carbocycles. The molecule has 13 atom stereocenters. The number of carbonyl (C=O) groups excluding carboxylic acids is 3. The van der Waals surface area contributed by atoms with Gasteiger partial charge in [-0.3, -0.25) is 19.2 Å². The van der Waals surface area contributed by atoms with Crippen LogP contribution in [0, 0.1) is 17.8 Å². The number of nitrogens with zero attached hydrogens (tertiary/aromatic N) is 5. The molecule has 3 saturated heterocycles. The number of esters is 1. The van der Waals surface area contributed by atoms with E-state index < -0.39 is 77.6 Å². The first kappa shape index (κ1) is 47.1. The predicted molar refractivity (Wildman–Crippen MR) is 226 cm³/mol. The number of aryl methyl sites for hydroxylation is 1. The van der Waals surface area contributed by atoms with E-state index in [1.54, 1.807) is 36.6 Å². The maximum Gasteiger partial charge on any atom is 0.410 e. The Hall–Kier alpha value is -3.93. The summed E-state index contributed by atoms with van der Waals surface area (Å²) in [5.41, 5.74) is 5.83. The van der Waals surface area contributed by atoms with E-state index in [2.05, 4.69) is 29.1 Å². The van der Waals surface area contributed by atoms with Crippen LogP contribution in [0.3, 0.4) is 0 Å². The second-order valence-electron chi connectivity index (χ2n) is 17.8. The number of aromatic nitrogens is 3. The average molecular weight is 840 g/mol. The summed E-state index contributed by atoms with van der Waals surface area (Å²) in [5.74, 6) is -3.28. The van der Waals surface area contributed by atoms with Crippen molar-refractivity contribution in [2.75, 3.05) is 40.0 Å². The maximum absolute atomic E-state index is 14.4. The fourth-order valence-electron chi connectivity index (χ4n) is 9.40. The van der Waals surface area contributed by atoms with Crippen molar-refractivity contribution in [1.82, 2.24) is 30.1 Å². The number of anilines is 1. The van der Waals surface area contributed by atoms with Gasteiger partial charge >= 0.3 is 12.1 Å². The summed E-state index contributed by atoms with van der Waals surface area (Å²) in [7, 11) is 5.37. The molecule has 5 rings (SSSR count). The first-order valence-corrected chi connectivity index (χ1v) is 21.4. The lowest BCUT2D eigenvalue weighted by Gasteiger charge is -2.46. The standard InChI is InChI=1S/C44H69N7O9/c1-12-32-38-44(8,60-42(55)51(38)20-15-14-19-50-25-33(47-48-50)30-17-16-18-31(45)22-30)35(13-2)58-40(54)29(6)36(52)28(5)39(43(7,56-11)23-26(3)24-46-32)59-41-37(53)34(49(9)10)21-27(4)57-41/h12,16-18,22,25-29,32,34-35,37-39,41,46,53H,1,13-15,19-21,23-24,45H2,2-11H3/t26-,27-,28+,29-,32-,34?,35-,37-,38-,39-,41+,43-,44-/m1/s1. The zero-order valence-electron chi connectivity index (χ0n) is 37.2. The number of methoxy groups -OCH3 is 1. The number of unbranched alkanes of at least 4 members (excludes halogenated alkanes) is 1. The molecule has 1 aromatic carbocycles. The highest BCUT2D eigenvalue weighted by molar-refractivity contribution is 6.00. The van der Waals surface area contributed by atoms with Crippen molar-refractivity contribution in [2.24, 2.45) is 17.8 Å². The van der Waals surface area contributed by atoms with Crippen LogP contribution in [0.5, 0.6) is 0 Å². The number of carbonyl (C=O) groups is 3. The molecule has 60 heavy (non-hydrogen) atoms. The number of ether oxygens (including phenoxy) is 5. The van der Waals surface area contributed by atoms with Crippen molar-refractivity contribution in [3.05, 3.63) is 43.1 Å². The largest absolute Gasteiger partial charge is 0.458 e. The molecule has 0 radical (unpaired) electrons. The highest BCUT2D eigenvalue weighted by Crippen LogP contribution is 2.40. The Morgan fingerprint density at radius 1 is 1.13 bits per heavy atom. The first-order chi connectivity index (χ1) is 28.4. The SMILES string of the molecule is C=C[C@H]1NC[C@H](C)C[C@@](C)(OC)[C@H](O[C@@H]2O[C@H](C)CC(N(C)C)[C@H]2O)[C@@H](C)C(=O)[C@@H](C)C(=O)O[C@H](CC)[C@@]2(C)OC(=O)N(CCCCn3cc(-c4cccc(N)c4)nn3)[C@H]12. The number of nitrogens with one attached hydrogen (secondary N) is 1. The van der Waals surface area contributed by atoms with Crippen molar-refractivity contribution in [3.8, 4) is 11.3 Å². The van der Waals surface area contributed by atoms with Crippen molar-refractivity contribution in [1.29, 1.82) is 0 Å². The summed E-state index contributed by atoms with van der Waals surface area (Å²) < 4.78 is 33.3. The average Bonchev–Trinajstić information content (AvgIpc) is 3.79. The summed E-state index contributed by atoms with van der Waals surface area (Å²) in [6.07, 6.45) is 1.69. The van der Waals surface area contributed by atoms with E-state index in [9.17, 15) is 19.5 Å². The zero-order chi connectivity index (χ0) is 44.1. The molecule has 2 aromatic rings. The van der Waals surface area contributed by atoms with Crippen LogP contribution in [0.15, 0.2) is 43.1 Å². The number of Topliss-reactive ketones (excluding diaryl/α,β-unsaturated/α-hetero) is 1. The first-order valence-electron chi connectivity index (χ1n) is 21.4. The van der Waals surface area contributed by atoms with Crippen molar-refractivity contribution in [3.63, 3.8) is 0 Å². The quantitative estimate of drug-likeness (QED) is 0.0893. The molecule has 3 fully saturated rings. The molecule has 3 aliphatic heterocycles. The van der Waals surface area contributed by atoms with Gasteiger partial charge in [-0.05, 0) is 98.5 Å². The summed E-state index contributed by atoms with van der Waals surface area (Å²) in [5, 5.41) is 23.7. The Morgan fingerprint density at radius 3 is 2.50 bits per heavy atom. The molecule has 0 bridgehead atoms. The molecule has 1 unspecified atom stereocenters. The molecule has 4 N–H and O–H groups in total. The minimum atomic E-state index is -1.30. The molecule has 0 aliphatic carbocycles. The molecule has 1 amide bonds. The molecule has 16 heteroatoms. The van der Waals surface area contributed by atoms with Crippen LogP contribution in [0.25, 0.3) is 11.3 Å². The third kappa shape index (κ3) is 10.2. The third-order valence-corrected chi connectivity index (χ3v) is 12.8.